The highest BCUT2D eigenvalue weighted by molar-refractivity contribution is 6.06. The summed E-state index contributed by atoms with van der Waals surface area (Å²) in [6.45, 7) is 7.86. The lowest BCUT2D eigenvalue weighted by atomic mass is 9.89. The molecule has 4 rings (SSSR count). The summed E-state index contributed by atoms with van der Waals surface area (Å²) in [4.78, 5) is 30.9. The van der Waals surface area contributed by atoms with Gasteiger partial charge in [-0.2, -0.15) is 5.10 Å². The molecular weight excluding hydrogens is 482 g/mol. The molecule has 208 valence electrons. The van der Waals surface area contributed by atoms with Gasteiger partial charge in [-0.15, -0.1) is 0 Å². The topological polar surface area (TPSA) is 99.9 Å². The number of para-hydroxylation sites is 1. The maximum absolute atomic E-state index is 13.7. The van der Waals surface area contributed by atoms with Crippen LogP contribution in [0.25, 0.3) is 0 Å². The summed E-state index contributed by atoms with van der Waals surface area (Å²) >= 11 is 0. The van der Waals surface area contributed by atoms with Gasteiger partial charge in [0, 0.05) is 32.6 Å². The molecule has 0 unspecified atom stereocenters. The van der Waals surface area contributed by atoms with Gasteiger partial charge in [0.05, 0.1) is 29.6 Å². The maximum Gasteiger partial charge on any atom is 0.274 e. The Morgan fingerprint density at radius 2 is 2.00 bits per heavy atom. The first-order chi connectivity index (χ1) is 18.2. The standard InChI is InChI=1S/C29H43N5O4/c1-19-15-34(21(3)18-35)29(37)23-12-9-13-24(30-28(36)25-14-20(2)31-33(25)5)27(23)38-26(19)17-32(4)16-22-10-7-6-8-11-22/h9,12-14,19,21-22,26,35H,6-8,10-11,15-18H2,1-5H3,(H,30,36)/t19-,21+,26-/m0/s1. The largest absolute Gasteiger partial charge is 0.486 e. The third-order valence-electron chi connectivity index (χ3n) is 7.96. The van der Waals surface area contributed by atoms with Crippen LogP contribution in [-0.2, 0) is 7.05 Å². The molecule has 1 aliphatic heterocycles. The SMILES string of the molecule is Cc1cc(C(=O)Nc2cccc3c2O[C@@H](CN(C)CC2CCCCC2)[C@@H](C)CN([C@H](C)CO)C3=O)n(C)n1. The number of ether oxygens (including phenoxy) is 1. The van der Waals surface area contributed by atoms with Gasteiger partial charge in [0.1, 0.15) is 11.8 Å². The lowest BCUT2D eigenvalue weighted by molar-refractivity contribution is 0.0332. The van der Waals surface area contributed by atoms with E-state index in [9.17, 15) is 14.7 Å². The number of hydrogen-bond donors (Lipinski definition) is 2. The van der Waals surface area contributed by atoms with Gasteiger partial charge in [0.25, 0.3) is 11.8 Å². The molecule has 9 heteroatoms. The van der Waals surface area contributed by atoms with Gasteiger partial charge in [0.2, 0.25) is 0 Å². The molecule has 0 radical (unpaired) electrons. The number of aliphatic hydroxyl groups excluding tert-OH is 1. The number of nitrogens with one attached hydrogen (secondary N) is 1. The van der Waals surface area contributed by atoms with Crippen molar-refractivity contribution in [3.63, 3.8) is 0 Å². The van der Waals surface area contributed by atoms with Gasteiger partial charge >= 0.3 is 0 Å². The summed E-state index contributed by atoms with van der Waals surface area (Å²) < 4.78 is 8.20. The summed E-state index contributed by atoms with van der Waals surface area (Å²) in [5.41, 5.74) is 2.00. The van der Waals surface area contributed by atoms with Crippen molar-refractivity contribution >= 4 is 17.5 Å². The molecule has 38 heavy (non-hydrogen) atoms. The average molecular weight is 526 g/mol. The highest BCUT2D eigenvalue weighted by Gasteiger charge is 2.35. The van der Waals surface area contributed by atoms with Crippen LogP contribution in [0.2, 0.25) is 0 Å². The Kier molecular flexibility index (Phi) is 9.10. The van der Waals surface area contributed by atoms with Crippen molar-refractivity contribution in [2.75, 3.05) is 38.6 Å². The second-order valence-electron chi connectivity index (χ2n) is 11.3. The number of aryl methyl sites for hydroxylation is 2. The maximum atomic E-state index is 13.7. The molecule has 0 spiro atoms. The minimum atomic E-state index is -0.341. The number of amides is 2. The van der Waals surface area contributed by atoms with E-state index in [4.69, 9.17) is 4.74 Å². The van der Waals surface area contributed by atoms with Gasteiger partial charge < -0.3 is 25.0 Å². The number of hydrogen-bond acceptors (Lipinski definition) is 6. The van der Waals surface area contributed by atoms with Gasteiger partial charge in [-0.05, 0) is 57.9 Å². The van der Waals surface area contributed by atoms with Crippen LogP contribution < -0.4 is 10.1 Å². The first-order valence-electron chi connectivity index (χ1n) is 13.9. The molecule has 9 nitrogen and oxygen atoms in total. The van der Waals surface area contributed by atoms with E-state index in [1.165, 1.54) is 32.1 Å². The van der Waals surface area contributed by atoms with Crippen molar-refractivity contribution < 1.29 is 19.4 Å². The molecular formula is C29H43N5O4. The van der Waals surface area contributed by atoms with Gasteiger partial charge in [-0.3, -0.25) is 14.3 Å². The van der Waals surface area contributed by atoms with Crippen LogP contribution in [-0.4, -0.2) is 81.9 Å². The Morgan fingerprint density at radius 3 is 2.66 bits per heavy atom. The predicted molar refractivity (Wildman–Crippen MR) is 148 cm³/mol. The zero-order chi connectivity index (χ0) is 27.4. The predicted octanol–water partition coefficient (Wildman–Crippen LogP) is 3.71. The molecule has 0 saturated heterocycles. The van der Waals surface area contributed by atoms with Crippen LogP contribution in [0, 0.1) is 18.8 Å². The smallest absolute Gasteiger partial charge is 0.274 e. The molecule has 1 saturated carbocycles. The van der Waals surface area contributed by atoms with Gasteiger partial charge in [-0.1, -0.05) is 32.3 Å². The van der Waals surface area contributed by atoms with E-state index in [1.54, 1.807) is 40.9 Å². The number of fused-ring (bicyclic) bond motifs is 1. The lowest BCUT2D eigenvalue weighted by Crippen LogP contribution is -2.50. The summed E-state index contributed by atoms with van der Waals surface area (Å²) in [7, 11) is 3.87. The summed E-state index contributed by atoms with van der Waals surface area (Å²) in [6, 6.07) is 6.64. The summed E-state index contributed by atoms with van der Waals surface area (Å²) in [6.07, 6.45) is 6.28. The van der Waals surface area contributed by atoms with E-state index in [2.05, 4.69) is 29.3 Å². The van der Waals surface area contributed by atoms with Crippen LogP contribution in [0.5, 0.6) is 5.75 Å². The van der Waals surface area contributed by atoms with Crippen molar-refractivity contribution in [3.8, 4) is 5.75 Å². The number of carbonyl (C=O) groups is 2. The normalized spacial score (nSPS) is 21.4. The Labute approximate surface area is 226 Å². The van der Waals surface area contributed by atoms with Crippen LogP contribution >= 0.6 is 0 Å². The molecule has 1 aliphatic carbocycles. The Bertz CT molecular complexity index is 1130. The molecule has 1 aromatic carbocycles. The molecule has 2 heterocycles. The third-order valence-corrected chi connectivity index (χ3v) is 7.96. The fourth-order valence-electron chi connectivity index (χ4n) is 5.76. The number of nitrogens with zero attached hydrogens (tertiary/aromatic N) is 4. The van der Waals surface area contributed by atoms with Crippen molar-refractivity contribution in [2.24, 2.45) is 18.9 Å². The molecule has 1 fully saturated rings. The second-order valence-corrected chi connectivity index (χ2v) is 11.3. The van der Waals surface area contributed by atoms with Crippen molar-refractivity contribution in [1.82, 2.24) is 19.6 Å². The van der Waals surface area contributed by atoms with E-state index >= 15 is 0 Å². The first kappa shape index (κ1) is 28.1. The molecule has 2 aromatic rings. The van der Waals surface area contributed by atoms with Crippen LogP contribution in [0.3, 0.4) is 0 Å². The number of aliphatic hydroxyl groups is 1. The number of likely N-dealkylation sites (N-methyl/N-ethyl adjacent to an activating group) is 1. The monoisotopic (exact) mass is 525 g/mol. The van der Waals surface area contributed by atoms with E-state index in [0.29, 0.717) is 41.7 Å². The number of carbonyl (C=O) groups excluding carboxylic acids is 2. The summed E-state index contributed by atoms with van der Waals surface area (Å²) in [5.74, 6) is 0.560. The highest BCUT2D eigenvalue weighted by atomic mass is 16.5. The van der Waals surface area contributed by atoms with Gasteiger partial charge in [0.15, 0.2) is 5.75 Å². The number of aromatic nitrogens is 2. The fourth-order valence-corrected chi connectivity index (χ4v) is 5.76. The van der Waals surface area contributed by atoms with Crippen LogP contribution in [0.15, 0.2) is 24.3 Å². The van der Waals surface area contributed by atoms with Crippen LogP contribution in [0.1, 0.15) is 72.5 Å². The average Bonchev–Trinajstić information content (AvgIpc) is 3.24. The molecule has 3 atom stereocenters. The quantitative estimate of drug-likeness (QED) is 0.545. The van der Waals surface area contributed by atoms with E-state index in [-0.39, 0.29) is 36.5 Å². The van der Waals surface area contributed by atoms with Crippen LogP contribution in [0.4, 0.5) is 5.69 Å². The Balaban J connectivity index is 1.65. The van der Waals surface area contributed by atoms with E-state index in [1.807, 2.05) is 13.8 Å². The van der Waals surface area contributed by atoms with Gasteiger partial charge in [-0.25, -0.2) is 0 Å². The molecule has 2 N–H and O–H groups in total. The van der Waals surface area contributed by atoms with E-state index in [0.717, 1.165) is 12.2 Å². The Hall–Kier alpha value is -2.91. The minimum Gasteiger partial charge on any atom is -0.486 e. The van der Waals surface area contributed by atoms with Crippen molar-refractivity contribution in [1.29, 1.82) is 0 Å². The first-order valence-corrected chi connectivity index (χ1v) is 13.9. The summed E-state index contributed by atoms with van der Waals surface area (Å²) in [5, 5.41) is 17.2. The molecule has 2 aliphatic rings. The van der Waals surface area contributed by atoms with E-state index < -0.39 is 0 Å². The zero-order valence-electron chi connectivity index (χ0n) is 23.4. The van der Waals surface area contributed by atoms with Crippen molar-refractivity contribution in [3.05, 3.63) is 41.2 Å². The highest BCUT2D eigenvalue weighted by Crippen LogP contribution is 2.35. The number of benzene rings is 1. The lowest BCUT2D eigenvalue weighted by Gasteiger charge is -2.39. The Morgan fingerprint density at radius 1 is 1.26 bits per heavy atom. The molecule has 1 aromatic heterocycles. The zero-order valence-corrected chi connectivity index (χ0v) is 23.4. The second kappa shape index (κ2) is 12.3. The fraction of sp³-hybridized carbons (Fsp3) is 0.621. The van der Waals surface area contributed by atoms with Crippen molar-refractivity contribution in [2.45, 2.75) is 65.0 Å². The third kappa shape index (κ3) is 6.38. The number of rotatable bonds is 8. The minimum absolute atomic E-state index is 0.0124. The molecule has 2 amide bonds. The molecule has 0 bridgehead atoms. The number of anilines is 1.